The van der Waals surface area contributed by atoms with E-state index in [2.05, 4.69) is 87.5 Å². The number of hydrogen-bond donors (Lipinski definition) is 1. The van der Waals surface area contributed by atoms with Crippen LogP contribution in [0.4, 0.5) is 0 Å². The van der Waals surface area contributed by atoms with Crippen molar-refractivity contribution < 1.29 is 30.0 Å². The van der Waals surface area contributed by atoms with E-state index in [-0.39, 0.29) is 48.4 Å². The average molecular weight is 823 g/mol. The first-order valence-electron chi connectivity index (χ1n) is 16.8. The number of carbonyl (C=O) groups is 1. The molecule has 0 saturated carbocycles. The minimum atomic E-state index is -0.319. The van der Waals surface area contributed by atoms with Gasteiger partial charge in [0.2, 0.25) is 0 Å². The molecule has 0 spiro atoms. The summed E-state index contributed by atoms with van der Waals surface area (Å²) in [6.45, 7) is 17.0. The Kier molecular flexibility index (Phi) is 11.8. The third kappa shape index (κ3) is 7.53. The summed E-state index contributed by atoms with van der Waals surface area (Å²) < 4.78 is 0. The van der Waals surface area contributed by atoms with Crippen molar-refractivity contribution in [1.82, 2.24) is 4.98 Å². The largest absolute Gasteiger partial charge is 0.512 e. The molecule has 0 aliphatic carbocycles. The van der Waals surface area contributed by atoms with Crippen LogP contribution >= 0.6 is 11.8 Å². The van der Waals surface area contributed by atoms with Gasteiger partial charge < -0.3 is 5.11 Å². The van der Waals surface area contributed by atoms with Gasteiger partial charge in [0, 0.05) is 54.3 Å². The molecule has 1 aliphatic heterocycles. The van der Waals surface area contributed by atoms with E-state index in [1.165, 1.54) is 53.7 Å². The number of ketones is 1. The molecule has 1 aromatic heterocycles. The summed E-state index contributed by atoms with van der Waals surface area (Å²) in [6.07, 6.45) is 7.80. The van der Waals surface area contributed by atoms with Crippen molar-refractivity contribution in [2.45, 2.75) is 97.3 Å². The first kappa shape index (κ1) is 36.8. The fourth-order valence-corrected chi connectivity index (χ4v) is 7.77. The summed E-state index contributed by atoms with van der Waals surface area (Å²) in [4.78, 5) is 19.6. The molecule has 6 rings (SSSR count). The Morgan fingerprint density at radius 2 is 1.53 bits per heavy atom. The molecular formula is C42H48IrNO2S-. The van der Waals surface area contributed by atoms with Crippen LogP contribution < -0.4 is 0 Å². The van der Waals surface area contributed by atoms with Gasteiger partial charge in [-0.3, -0.25) is 9.78 Å². The Morgan fingerprint density at radius 1 is 0.894 bits per heavy atom. The zero-order valence-electron chi connectivity index (χ0n) is 29.1. The van der Waals surface area contributed by atoms with Crippen LogP contribution in [-0.2, 0) is 31.3 Å². The Bertz CT molecular complexity index is 1930. The standard InChI is InChI=1S/C28H22NS.C14H26O2.Ir/c1-28(2,3)16-23-20-10-6-4-9-18(20)15-22-25-24-19(12-13-29-25)14-17-8-5-7-11-21(17)27(24)30-26(22)23;1-6-11(7-2)12(15)10-13(16)14(5,8-3)9-4;/h4-14H,16H2,1-3H3;10-11,15H,6-9H2,1-5H3;/q-1;;/b;12-10-;. The molecular weight excluding hydrogens is 775 g/mol. The van der Waals surface area contributed by atoms with Gasteiger partial charge in [-0.1, -0.05) is 114 Å². The maximum Gasteiger partial charge on any atom is 0.164 e. The molecule has 5 heteroatoms. The van der Waals surface area contributed by atoms with Gasteiger partial charge in [0.15, 0.2) is 5.78 Å². The first-order chi connectivity index (χ1) is 21.9. The number of carbonyl (C=O) groups excluding carboxylic acids is 1. The van der Waals surface area contributed by atoms with E-state index in [0.29, 0.717) is 0 Å². The van der Waals surface area contributed by atoms with Gasteiger partial charge in [-0.05, 0) is 76.1 Å². The molecule has 1 radical (unpaired) electrons. The molecule has 249 valence electrons. The van der Waals surface area contributed by atoms with Gasteiger partial charge in [-0.2, -0.15) is 0 Å². The molecule has 2 heterocycles. The normalized spacial score (nSPS) is 12.9. The number of allylic oxidation sites excluding steroid dienone is 2. The fourth-order valence-electron chi connectivity index (χ4n) is 6.40. The molecule has 0 unspecified atom stereocenters. The fraction of sp³-hybridized carbons (Fsp3) is 0.381. The van der Waals surface area contributed by atoms with Crippen molar-refractivity contribution in [3.05, 3.63) is 90.3 Å². The Labute approximate surface area is 299 Å². The van der Waals surface area contributed by atoms with Gasteiger partial charge in [0.05, 0.1) is 5.76 Å². The number of rotatable bonds is 8. The summed E-state index contributed by atoms with van der Waals surface area (Å²) >= 11 is 1.92. The molecule has 0 atom stereocenters. The van der Waals surface area contributed by atoms with E-state index >= 15 is 0 Å². The van der Waals surface area contributed by atoms with Gasteiger partial charge >= 0.3 is 0 Å². The number of hydrogen-bond acceptors (Lipinski definition) is 4. The first-order valence-corrected chi connectivity index (χ1v) is 17.7. The van der Waals surface area contributed by atoms with Crippen LogP contribution in [0.2, 0.25) is 0 Å². The number of benzene rings is 4. The van der Waals surface area contributed by atoms with E-state index in [1.807, 2.05) is 52.6 Å². The number of fused-ring (bicyclic) bond motifs is 5. The third-order valence-corrected chi connectivity index (χ3v) is 11.0. The summed E-state index contributed by atoms with van der Waals surface area (Å²) in [6, 6.07) is 25.6. The molecule has 3 nitrogen and oxygen atoms in total. The molecule has 47 heavy (non-hydrogen) atoms. The van der Waals surface area contributed by atoms with Crippen LogP contribution in [-0.4, -0.2) is 15.9 Å². The third-order valence-electron chi connectivity index (χ3n) is 9.73. The van der Waals surface area contributed by atoms with Crippen molar-refractivity contribution in [2.75, 3.05) is 0 Å². The Morgan fingerprint density at radius 3 is 2.17 bits per heavy atom. The summed E-state index contributed by atoms with van der Waals surface area (Å²) in [5.41, 5.74) is 3.53. The SMILES string of the molecule is CC(C)(C)Cc1c2c([c-]c3ccccc13)-c1nccc3cc4ccccc4c(c13)S2.CCC(CC)/C(O)=C/C(=O)C(C)(CC)CC.[Ir]. The van der Waals surface area contributed by atoms with Crippen molar-refractivity contribution in [3.8, 4) is 11.3 Å². The zero-order chi connectivity index (χ0) is 33.2. The van der Waals surface area contributed by atoms with Crippen LogP contribution in [0.1, 0.15) is 86.6 Å². The van der Waals surface area contributed by atoms with Crippen LogP contribution in [0.3, 0.4) is 0 Å². The monoisotopic (exact) mass is 823 g/mol. The molecule has 0 saturated heterocycles. The summed E-state index contributed by atoms with van der Waals surface area (Å²) in [7, 11) is 0. The Hall–Kier alpha value is -2.98. The van der Waals surface area contributed by atoms with Crippen molar-refractivity contribution in [2.24, 2.45) is 16.7 Å². The van der Waals surface area contributed by atoms with Crippen LogP contribution in [0.15, 0.2) is 88.5 Å². The number of aromatic nitrogens is 1. The van der Waals surface area contributed by atoms with Crippen molar-refractivity contribution in [3.63, 3.8) is 0 Å². The van der Waals surface area contributed by atoms with Crippen LogP contribution in [0, 0.1) is 22.8 Å². The molecule has 5 aromatic rings. The number of aliphatic hydroxyl groups is 1. The second-order valence-electron chi connectivity index (χ2n) is 14.1. The molecule has 0 fully saturated rings. The van der Waals surface area contributed by atoms with Crippen molar-refractivity contribution >= 4 is 49.9 Å². The molecule has 0 amide bonds. The zero-order valence-corrected chi connectivity index (χ0v) is 32.3. The molecule has 1 aliphatic rings. The minimum absolute atomic E-state index is 0. The van der Waals surface area contributed by atoms with Crippen LogP contribution in [0.25, 0.3) is 43.6 Å². The molecule has 1 N–H and O–H groups in total. The van der Waals surface area contributed by atoms with E-state index in [1.54, 1.807) is 0 Å². The number of aliphatic hydroxyl groups excluding tert-OH is 1. The molecule has 4 aromatic carbocycles. The maximum atomic E-state index is 12.0. The topological polar surface area (TPSA) is 50.2 Å². The van der Waals surface area contributed by atoms with Gasteiger partial charge in [0.25, 0.3) is 0 Å². The van der Waals surface area contributed by atoms with Gasteiger partial charge in [-0.25, -0.2) is 0 Å². The van der Waals surface area contributed by atoms with E-state index in [0.717, 1.165) is 43.4 Å². The smallest absolute Gasteiger partial charge is 0.164 e. The average Bonchev–Trinajstić information content (AvgIpc) is 3.05. The Balaban J connectivity index is 0.000000254. The minimum Gasteiger partial charge on any atom is -0.512 e. The second kappa shape index (κ2) is 15.1. The van der Waals surface area contributed by atoms with E-state index in [9.17, 15) is 9.90 Å². The number of nitrogens with zero attached hydrogens (tertiary/aromatic N) is 1. The molecule has 0 bridgehead atoms. The quantitative estimate of drug-likeness (QED) is 0.0719. The van der Waals surface area contributed by atoms with E-state index < -0.39 is 0 Å². The predicted octanol–water partition coefficient (Wildman–Crippen LogP) is 12.3. The van der Waals surface area contributed by atoms with Crippen LogP contribution in [0.5, 0.6) is 0 Å². The maximum absolute atomic E-state index is 12.0. The van der Waals surface area contributed by atoms with E-state index in [4.69, 9.17) is 4.98 Å². The summed E-state index contributed by atoms with van der Waals surface area (Å²) in [5.74, 6) is 0.437. The van der Waals surface area contributed by atoms with Crippen molar-refractivity contribution in [1.29, 1.82) is 0 Å². The second-order valence-corrected chi connectivity index (χ2v) is 15.1. The predicted molar refractivity (Wildman–Crippen MR) is 197 cm³/mol. The van der Waals surface area contributed by atoms with Gasteiger partial charge in [0.1, 0.15) is 0 Å². The summed E-state index contributed by atoms with van der Waals surface area (Å²) in [5, 5.41) is 17.5. The number of pyridine rings is 1. The van der Waals surface area contributed by atoms with Gasteiger partial charge in [-0.15, -0.1) is 29.3 Å².